The second-order valence-corrected chi connectivity index (χ2v) is 11.8. The van der Waals surface area contributed by atoms with E-state index in [2.05, 4.69) is 13.8 Å². The third kappa shape index (κ3) is 6.50. The topological polar surface area (TPSA) is 120 Å². The summed E-state index contributed by atoms with van der Waals surface area (Å²) in [7, 11) is 0. The summed E-state index contributed by atoms with van der Waals surface area (Å²) in [5.74, 6) is -1.29. The molecule has 2 aromatic carbocycles. The van der Waals surface area contributed by atoms with E-state index in [0.29, 0.717) is 61.8 Å². The maximum Gasteiger partial charge on any atom is 0.308 e. The van der Waals surface area contributed by atoms with Crippen molar-refractivity contribution < 1.29 is 34.1 Å². The lowest BCUT2D eigenvalue weighted by Crippen LogP contribution is -2.45. The first kappa shape index (κ1) is 30.8. The molecule has 3 aliphatic heterocycles. The monoisotopic (exact) mass is 593 g/mol. The van der Waals surface area contributed by atoms with Crippen LogP contribution < -0.4 is 9.47 Å². The molecule has 232 valence electrons. The van der Waals surface area contributed by atoms with E-state index in [-0.39, 0.29) is 31.8 Å². The van der Waals surface area contributed by atoms with Gasteiger partial charge >= 0.3 is 5.97 Å². The summed E-state index contributed by atoms with van der Waals surface area (Å²) in [6, 6.07) is 10.7. The van der Waals surface area contributed by atoms with Crippen LogP contribution in [0.5, 0.6) is 11.5 Å². The zero-order chi connectivity index (χ0) is 30.5. The van der Waals surface area contributed by atoms with Crippen LogP contribution in [0.4, 0.5) is 0 Å². The molecule has 1 fully saturated rings. The molecule has 10 heteroatoms. The van der Waals surface area contributed by atoms with E-state index >= 15 is 0 Å². The van der Waals surface area contributed by atoms with Crippen LogP contribution in [0.2, 0.25) is 0 Å². The molecule has 2 aromatic rings. The van der Waals surface area contributed by atoms with Crippen molar-refractivity contribution in [1.82, 2.24) is 14.7 Å². The van der Waals surface area contributed by atoms with Crippen LogP contribution in [0.1, 0.15) is 78.9 Å². The molecule has 0 unspecified atom stereocenters. The minimum Gasteiger partial charge on any atom is -0.481 e. The summed E-state index contributed by atoms with van der Waals surface area (Å²) < 4.78 is 11.2. The fourth-order valence-corrected chi connectivity index (χ4v) is 6.74. The third-order valence-corrected chi connectivity index (χ3v) is 9.05. The van der Waals surface area contributed by atoms with Crippen molar-refractivity contribution in [2.45, 2.75) is 71.1 Å². The number of aliphatic hydroxyl groups excluding tert-OH is 1. The smallest absolute Gasteiger partial charge is 0.308 e. The number of carbonyl (C=O) groups excluding carboxylic acids is 2. The minimum absolute atomic E-state index is 0.00285. The van der Waals surface area contributed by atoms with Gasteiger partial charge in [0.2, 0.25) is 12.7 Å². The van der Waals surface area contributed by atoms with Gasteiger partial charge in [0.25, 0.3) is 5.91 Å². The number of unbranched alkanes of at least 4 members (excludes halogenated alkanes) is 2. The summed E-state index contributed by atoms with van der Waals surface area (Å²) >= 11 is 0. The standard InChI is InChI=1S/C33H43N3O7/c1-3-5-12-34(13-6-4-2)29(38)19-36-18-26(23-15-24(20-37)31-28(16-23)42-21-43-31)30(33(40)41)27(36)11-14-35-17-22-9-7-8-10-25(22)32(35)39/h7-10,15-16,26-27,30,37H,3-6,11-14,17-21H2,1-2H3,(H,40,41)/t26-,27+,30-/m1/s1. The Kier molecular flexibility index (Phi) is 9.87. The summed E-state index contributed by atoms with van der Waals surface area (Å²) in [4.78, 5) is 45.5. The van der Waals surface area contributed by atoms with Gasteiger partial charge in [0.15, 0.2) is 11.5 Å². The molecule has 3 atom stereocenters. The van der Waals surface area contributed by atoms with Gasteiger partial charge < -0.3 is 29.5 Å². The normalized spacial score (nSPS) is 21.0. The molecule has 3 heterocycles. The van der Waals surface area contributed by atoms with Crippen molar-refractivity contribution >= 4 is 17.8 Å². The molecule has 0 aliphatic carbocycles. The summed E-state index contributed by atoms with van der Waals surface area (Å²) in [6.45, 7) is 6.70. The summed E-state index contributed by atoms with van der Waals surface area (Å²) in [5.41, 5.74) is 2.94. The molecule has 2 amide bonds. The number of aliphatic carboxylic acids is 1. The molecule has 0 saturated carbocycles. The maximum absolute atomic E-state index is 13.7. The Balaban J connectivity index is 1.42. The predicted molar refractivity (Wildman–Crippen MR) is 160 cm³/mol. The number of hydrogen-bond donors (Lipinski definition) is 2. The second-order valence-electron chi connectivity index (χ2n) is 11.8. The van der Waals surface area contributed by atoms with Gasteiger partial charge in [-0.15, -0.1) is 0 Å². The molecule has 3 aliphatic rings. The van der Waals surface area contributed by atoms with Gasteiger partial charge in [-0.25, -0.2) is 0 Å². The fourth-order valence-electron chi connectivity index (χ4n) is 6.74. The number of hydrogen-bond acceptors (Lipinski definition) is 7. The van der Waals surface area contributed by atoms with E-state index in [1.54, 1.807) is 17.0 Å². The Bertz CT molecular complexity index is 1320. The van der Waals surface area contributed by atoms with Crippen molar-refractivity contribution in [2.24, 2.45) is 5.92 Å². The molecule has 10 nitrogen and oxygen atoms in total. The van der Waals surface area contributed by atoms with Crippen molar-refractivity contribution in [3.05, 3.63) is 58.7 Å². The van der Waals surface area contributed by atoms with Crippen LogP contribution in [0.3, 0.4) is 0 Å². The van der Waals surface area contributed by atoms with Crippen LogP contribution in [0, 0.1) is 5.92 Å². The quantitative estimate of drug-likeness (QED) is 0.339. The molecule has 0 aromatic heterocycles. The van der Waals surface area contributed by atoms with Gasteiger partial charge in [-0.1, -0.05) is 44.9 Å². The Labute approximate surface area is 253 Å². The van der Waals surface area contributed by atoms with Gasteiger partial charge in [-0.05, 0) is 48.6 Å². The number of carboxylic acids is 1. The zero-order valence-electron chi connectivity index (χ0n) is 25.2. The van der Waals surface area contributed by atoms with E-state index in [9.17, 15) is 24.6 Å². The molecular weight excluding hydrogens is 550 g/mol. The van der Waals surface area contributed by atoms with E-state index in [0.717, 1.165) is 36.8 Å². The second kappa shape index (κ2) is 13.8. The highest BCUT2D eigenvalue weighted by Gasteiger charge is 2.48. The summed E-state index contributed by atoms with van der Waals surface area (Å²) in [6.07, 6.45) is 4.21. The molecule has 1 saturated heterocycles. The molecule has 5 rings (SSSR count). The molecule has 0 spiro atoms. The Morgan fingerprint density at radius 3 is 2.49 bits per heavy atom. The van der Waals surface area contributed by atoms with Crippen molar-refractivity contribution in [1.29, 1.82) is 0 Å². The number of likely N-dealkylation sites (tertiary alicyclic amines) is 1. The number of carboxylic acid groups (broad SMARTS) is 1. The van der Waals surface area contributed by atoms with Crippen LogP contribution in [0.25, 0.3) is 0 Å². The van der Waals surface area contributed by atoms with Gasteiger partial charge in [0.1, 0.15) is 0 Å². The van der Waals surface area contributed by atoms with Crippen LogP contribution in [-0.2, 0) is 22.7 Å². The first-order chi connectivity index (χ1) is 20.9. The molecule has 2 N–H and O–H groups in total. The number of benzene rings is 2. The van der Waals surface area contributed by atoms with Gasteiger partial charge in [-0.2, -0.15) is 0 Å². The lowest BCUT2D eigenvalue weighted by molar-refractivity contribution is -0.144. The predicted octanol–water partition coefficient (Wildman–Crippen LogP) is 3.85. The number of nitrogens with zero attached hydrogens (tertiary/aromatic N) is 3. The number of rotatable bonds is 14. The first-order valence-corrected chi connectivity index (χ1v) is 15.5. The Hall–Kier alpha value is -3.63. The zero-order valence-corrected chi connectivity index (χ0v) is 25.2. The highest BCUT2D eigenvalue weighted by molar-refractivity contribution is 5.98. The molecule has 0 radical (unpaired) electrons. The van der Waals surface area contributed by atoms with Crippen molar-refractivity contribution in [3.8, 4) is 11.5 Å². The third-order valence-electron chi connectivity index (χ3n) is 9.05. The van der Waals surface area contributed by atoms with Crippen LogP contribution in [-0.4, -0.2) is 88.3 Å². The molecular formula is C33H43N3O7. The van der Waals surface area contributed by atoms with E-state index in [1.165, 1.54) is 0 Å². The largest absolute Gasteiger partial charge is 0.481 e. The lowest BCUT2D eigenvalue weighted by Gasteiger charge is -2.30. The number of ether oxygens (including phenoxy) is 2. The van der Waals surface area contributed by atoms with E-state index in [4.69, 9.17) is 9.47 Å². The number of amides is 2. The SMILES string of the molecule is CCCCN(CCCC)C(=O)CN1C[C@H](c2cc(CO)c3c(c2)OCO3)[C@@H](C(=O)O)[C@@H]1CCN1Cc2ccccc2C1=O. The van der Waals surface area contributed by atoms with Crippen molar-refractivity contribution in [2.75, 3.05) is 39.5 Å². The number of fused-ring (bicyclic) bond motifs is 2. The number of carbonyl (C=O) groups is 3. The Morgan fingerprint density at radius 2 is 1.81 bits per heavy atom. The van der Waals surface area contributed by atoms with Crippen LogP contribution in [0.15, 0.2) is 36.4 Å². The minimum atomic E-state index is -0.946. The molecule has 43 heavy (non-hydrogen) atoms. The van der Waals surface area contributed by atoms with E-state index in [1.807, 2.05) is 34.1 Å². The highest BCUT2D eigenvalue weighted by atomic mass is 16.7. The average Bonchev–Trinajstić information content (AvgIpc) is 3.71. The van der Waals surface area contributed by atoms with Crippen molar-refractivity contribution in [3.63, 3.8) is 0 Å². The fraction of sp³-hybridized carbons (Fsp3) is 0.545. The molecule has 0 bridgehead atoms. The van der Waals surface area contributed by atoms with E-state index < -0.39 is 23.8 Å². The van der Waals surface area contributed by atoms with Gasteiger partial charge in [-0.3, -0.25) is 19.3 Å². The average molecular weight is 594 g/mol. The first-order valence-electron chi connectivity index (χ1n) is 15.5. The maximum atomic E-state index is 13.7. The Morgan fingerprint density at radius 1 is 1.07 bits per heavy atom. The van der Waals surface area contributed by atoms with Crippen LogP contribution >= 0.6 is 0 Å². The number of aliphatic hydroxyl groups is 1. The summed E-state index contributed by atoms with van der Waals surface area (Å²) in [5, 5.41) is 20.6. The van der Waals surface area contributed by atoms with Gasteiger partial charge in [0.05, 0.1) is 19.1 Å². The van der Waals surface area contributed by atoms with Gasteiger partial charge in [0, 0.05) is 55.8 Å². The lowest BCUT2D eigenvalue weighted by atomic mass is 9.83. The highest BCUT2D eigenvalue weighted by Crippen LogP contribution is 2.44.